The van der Waals surface area contributed by atoms with Crippen LogP contribution in [0, 0.1) is 0 Å². The average Bonchev–Trinajstić information content (AvgIpc) is 2.71. The summed E-state index contributed by atoms with van der Waals surface area (Å²) in [5, 5.41) is 3.02. The SMILES string of the molecule is CCOCc1ccccc1CNC(=O)c1cc(S(=O)(=O)N(CC)CC)ccc1Cl. The number of nitrogens with zero attached hydrogens (tertiary/aromatic N) is 1. The Bertz CT molecular complexity index is 943. The summed E-state index contributed by atoms with van der Waals surface area (Å²) in [5.74, 6) is -0.433. The van der Waals surface area contributed by atoms with E-state index >= 15 is 0 Å². The van der Waals surface area contributed by atoms with Crippen molar-refractivity contribution < 1.29 is 17.9 Å². The van der Waals surface area contributed by atoms with E-state index in [4.69, 9.17) is 16.3 Å². The van der Waals surface area contributed by atoms with E-state index in [-0.39, 0.29) is 22.0 Å². The van der Waals surface area contributed by atoms with Gasteiger partial charge in [-0.05, 0) is 36.2 Å². The van der Waals surface area contributed by atoms with E-state index in [1.807, 2.05) is 31.2 Å². The average molecular weight is 439 g/mol. The standard InChI is InChI=1S/C21H27ClN2O4S/c1-4-24(5-2)29(26,27)18-11-12-20(22)19(13-18)21(25)23-14-16-9-7-8-10-17(16)15-28-6-3/h7-13H,4-6,14-15H2,1-3H3,(H,23,25). The lowest BCUT2D eigenvalue weighted by atomic mass is 10.1. The van der Waals surface area contributed by atoms with Crippen molar-refractivity contribution in [1.82, 2.24) is 9.62 Å². The Labute approximate surface area is 177 Å². The molecule has 0 saturated heterocycles. The summed E-state index contributed by atoms with van der Waals surface area (Å²) in [5.41, 5.74) is 2.04. The number of benzene rings is 2. The minimum atomic E-state index is -3.68. The summed E-state index contributed by atoms with van der Waals surface area (Å²) in [6.07, 6.45) is 0. The molecule has 0 heterocycles. The van der Waals surface area contributed by atoms with Crippen LogP contribution in [0.2, 0.25) is 5.02 Å². The van der Waals surface area contributed by atoms with Gasteiger partial charge in [0, 0.05) is 26.2 Å². The third-order valence-corrected chi connectivity index (χ3v) is 6.92. The highest BCUT2D eigenvalue weighted by Gasteiger charge is 2.23. The highest BCUT2D eigenvalue weighted by Crippen LogP contribution is 2.23. The Hall–Kier alpha value is -1.93. The van der Waals surface area contributed by atoms with Crippen molar-refractivity contribution in [1.29, 1.82) is 0 Å². The minimum absolute atomic E-state index is 0.0486. The summed E-state index contributed by atoms with van der Waals surface area (Å²) in [6, 6.07) is 11.9. The number of halogens is 1. The monoisotopic (exact) mass is 438 g/mol. The Kier molecular flexibility index (Phi) is 8.64. The molecule has 0 bridgehead atoms. The van der Waals surface area contributed by atoms with Gasteiger partial charge in [0.25, 0.3) is 5.91 Å². The lowest BCUT2D eigenvalue weighted by Crippen LogP contribution is -2.31. The van der Waals surface area contributed by atoms with Crippen molar-refractivity contribution in [2.24, 2.45) is 0 Å². The van der Waals surface area contributed by atoms with Crippen LogP contribution in [-0.2, 0) is 27.9 Å². The second kappa shape index (κ2) is 10.7. The second-order valence-electron chi connectivity index (χ2n) is 6.32. The summed E-state index contributed by atoms with van der Waals surface area (Å²) >= 11 is 6.18. The molecule has 0 fully saturated rings. The summed E-state index contributed by atoms with van der Waals surface area (Å²) in [4.78, 5) is 12.8. The second-order valence-corrected chi connectivity index (χ2v) is 8.66. The normalized spacial score (nSPS) is 11.6. The number of carbonyl (C=O) groups excluding carboxylic acids is 1. The van der Waals surface area contributed by atoms with Crippen LogP contribution >= 0.6 is 11.6 Å². The van der Waals surface area contributed by atoms with Crippen LogP contribution in [-0.4, -0.2) is 38.3 Å². The van der Waals surface area contributed by atoms with Gasteiger partial charge in [-0.1, -0.05) is 49.7 Å². The van der Waals surface area contributed by atoms with Crippen molar-refractivity contribution in [2.75, 3.05) is 19.7 Å². The van der Waals surface area contributed by atoms with E-state index in [0.717, 1.165) is 11.1 Å². The van der Waals surface area contributed by atoms with E-state index in [1.54, 1.807) is 13.8 Å². The predicted octanol–water partition coefficient (Wildman–Crippen LogP) is 3.84. The first-order valence-electron chi connectivity index (χ1n) is 9.57. The minimum Gasteiger partial charge on any atom is -0.377 e. The number of rotatable bonds is 10. The summed E-state index contributed by atoms with van der Waals surface area (Å²) < 4.78 is 32.3. The van der Waals surface area contributed by atoms with E-state index < -0.39 is 15.9 Å². The lowest BCUT2D eigenvalue weighted by Gasteiger charge is -2.19. The first kappa shape index (κ1) is 23.3. The largest absolute Gasteiger partial charge is 0.377 e. The van der Waals surface area contributed by atoms with Gasteiger partial charge in [0.05, 0.1) is 22.1 Å². The topological polar surface area (TPSA) is 75.7 Å². The number of hydrogen-bond acceptors (Lipinski definition) is 4. The maximum Gasteiger partial charge on any atom is 0.253 e. The Morgan fingerprint density at radius 1 is 1.07 bits per heavy atom. The first-order valence-corrected chi connectivity index (χ1v) is 11.4. The van der Waals surface area contributed by atoms with E-state index in [0.29, 0.717) is 26.3 Å². The van der Waals surface area contributed by atoms with Crippen molar-refractivity contribution >= 4 is 27.5 Å². The first-order chi connectivity index (χ1) is 13.8. The van der Waals surface area contributed by atoms with Crippen LogP contribution in [0.15, 0.2) is 47.4 Å². The fraction of sp³-hybridized carbons (Fsp3) is 0.381. The molecule has 0 aliphatic rings. The molecule has 2 rings (SSSR count). The van der Waals surface area contributed by atoms with Gasteiger partial charge in [0.1, 0.15) is 0 Å². The maximum absolute atomic E-state index is 12.7. The smallest absolute Gasteiger partial charge is 0.253 e. The van der Waals surface area contributed by atoms with Crippen LogP contribution in [0.4, 0.5) is 0 Å². The number of ether oxygens (including phenoxy) is 1. The Morgan fingerprint density at radius 2 is 1.72 bits per heavy atom. The number of hydrogen-bond donors (Lipinski definition) is 1. The molecule has 0 unspecified atom stereocenters. The molecule has 0 spiro atoms. The van der Waals surface area contributed by atoms with Gasteiger partial charge in [-0.25, -0.2) is 8.42 Å². The predicted molar refractivity (Wildman–Crippen MR) is 115 cm³/mol. The van der Waals surface area contributed by atoms with Gasteiger partial charge < -0.3 is 10.1 Å². The molecule has 0 aliphatic carbocycles. The van der Waals surface area contributed by atoms with Crippen LogP contribution in [0.5, 0.6) is 0 Å². The lowest BCUT2D eigenvalue weighted by molar-refractivity contribution is 0.0949. The maximum atomic E-state index is 12.7. The zero-order valence-corrected chi connectivity index (χ0v) is 18.5. The zero-order valence-electron chi connectivity index (χ0n) is 16.9. The van der Waals surface area contributed by atoms with Gasteiger partial charge in [0.2, 0.25) is 10.0 Å². The Morgan fingerprint density at radius 3 is 2.34 bits per heavy atom. The molecule has 0 radical (unpaired) electrons. The van der Waals surface area contributed by atoms with Gasteiger partial charge in [-0.2, -0.15) is 4.31 Å². The molecule has 0 aliphatic heterocycles. The van der Waals surface area contributed by atoms with Crippen molar-refractivity contribution in [3.63, 3.8) is 0 Å². The van der Waals surface area contributed by atoms with Crippen LogP contribution in [0.3, 0.4) is 0 Å². The van der Waals surface area contributed by atoms with Crippen molar-refractivity contribution in [2.45, 2.75) is 38.8 Å². The highest BCUT2D eigenvalue weighted by molar-refractivity contribution is 7.89. The number of sulfonamides is 1. The fourth-order valence-corrected chi connectivity index (χ4v) is 4.59. The van der Waals surface area contributed by atoms with Gasteiger partial charge >= 0.3 is 0 Å². The molecule has 2 aromatic rings. The van der Waals surface area contributed by atoms with Gasteiger partial charge in [-0.3, -0.25) is 4.79 Å². The van der Waals surface area contributed by atoms with Crippen LogP contribution in [0.1, 0.15) is 42.3 Å². The van der Waals surface area contributed by atoms with Crippen molar-refractivity contribution in [3.8, 4) is 0 Å². The van der Waals surface area contributed by atoms with E-state index in [9.17, 15) is 13.2 Å². The molecule has 0 aromatic heterocycles. The van der Waals surface area contributed by atoms with Crippen LogP contribution < -0.4 is 5.32 Å². The molecule has 6 nitrogen and oxygen atoms in total. The number of nitrogens with one attached hydrogen (secondary N) is 1. The molecule has 1 N–H and O–H groups in total. The molecule has 8 heteroatoms. The molecular formula is C21H27ClN2O4S. The van der Waals surface area contributed by atoms with Gasteiger partial charge in [-0.15, -0.1) is 0 Å². The van der Waals surface area contributed by atoms with Crippen molar-refractivity contribution in [3.05, 3.63) is 64.2 Å². The zero-order chi connectivity index (χ0) is 21.4. The van der Waals surface area contributed by atoms with Gasteiger partial charge in [0.15, 0.2) is 0 Å². The molecule has 0 saturated carbocycles. The number of amides is 1. The quantitative estimate of drug-likeness (QED) is 0.611. The molecular weight excluding hydrogens is 412 g/mol. The van der Waals surface area contributed by atoms with E-state index in [1.165, 1.54) is 22.5 Å². The number of carbonyl (C=O) groups is 1. The third-order valence-electron chi connectivity index (χ3n) is 4.55. The summed E-state index contributed by atoms with van der Waals surface area (Å²) in [6.45, 7) is 7.50. The third kappa shape index (κ3) is 5.79. The molecule has 158 valence electrons. The Balaban J connectivity index is 2.22. The summed E-state index contributed by atoms with van der Waals surface area (Å²) in [7, 11) is -3.68. The highest BCUT2D eigenvalue weighted by atomic mass is 35.5. The molecule has 1 amide bonds. The molecule has 0 atom stereocenters. The van der Waals surface area contributed by atoms with E-state index in [2.05, 4.69) is 5.32 Å². The van der Waals surface area contributed by atoms with Crippen LogP contribution in [0.25, 0.3) is 0 Å². The fourth-order valence-electron chi connectivity index (χ4n) is 2.90. The molecule has 29 heavy (non-hydrogen) atoms. The molecule has 2 aromatic carbocycles.